The zero-order valence-electron chi connectivity index (χ0n) is 34.0. The molecule has 11 aromatic rings. The maximum Gasteiger partial charge on any atom is 0.0722 e. The lowest BCUT2D eigenvalue weighted by Gasteiger charge is -2.14. The Bertz CT molecular complexity index is 3290. The molecule has 2 heterocycles. The van der Waals surface area contributed by atoms with Crippen LogP contribution in [-0.2, 0) is 0 Å². The van der Waals surface area contributed by atoms with E-state index in [-0.39, 0.29) is 0 Å². The van der Waals surface area contributed by atoms with E-state index in [0.29, 0.717) is 0 Å². The summed E-state index contributed by atoms with van der Waals surface area (Å²) in [5.41, 5.74) is 18.7. The molecular weight excluding hydrogens is 749 g/mol. The molecule has 0 aliphatic carbocycles. The number of hydrogen-bond donors (Lipinski definition) is 0. The van der Waals surface area contributed by atoms with Crippen LogP contribution in [0.4, 0.5) is 0 Å². The lowest BCUT2D eigenvalue weighted by Crippen LogP contribution is -1.93. The van der Waals surface area contributed by atoms with Crippen molar-refractivity contribution in [2.45, 2.75) is 0 Å². The van der Waals surface area contributed by atoms with Crippen LogP contribution in [0.15, 0.2) is 243 Å². The second-order valence-electron chi connectivity index (χ2n) is 15.8. The van der Waals surface area contributed by atoms with Gasteiger partial charge in [-0.05, 0) is 115 Å². The number of rotatable bonds is 8. The Labute approximate surface area is 362 Å². The summed E-state index contributed by atoms with van der Waals surface area (Å²) in [7, 11) is 0. The fourth-order valence-corrected chi connectivity index (χ4v) is 8.67. The molecule has 2 aromatic heterocycles. The first-order chi connectivity index (χ1) is 30.7. The predicted octanol–water partition coefficient (Wildman–Crippen LogP) is 16.1. The quantitative estimate of drug-likeness (QED) is 0.143. The van der Waals surface area contributed by atoms with Gasteiger partial charge in [-0.3, -0.25) is 0 Å². The van der Waals surface area contributed by atoms with Crippen LogP contribution in [0.1, 0.15) is 0 Å². The Kier molecular flexibility index (Phi) is 9.57. The van der Waals surface area contributed by atoms with Crippen molar-refractivity contribution in [2.75, 3.05) is 0 Å². The van der Waals surface area contributed by atoms with Crippen LogP contribution in [0.25, 0.3) is 111 Å². The monoisotopic (exact) mass is 788 g/mol. The smallest absolute Gasteiger partial charge is 0.0722 e. The van der Waals surface area contributed by atoms with Crippen LogP contribution < -0.4 is 0 Å². The van der Waals surface area contributed by atoms with Crippen molar-refractivity contribution in [3.05, 3.63) is 243 Å². The number of aromatic nitrogens is 2. The van der Waals surface area contributed by atoms with Crippen molar-refractivity contribution in [1.29, 1.82) is 0 Å². The van der Waals surface area contributed by atoms with Gasteiger partial charge in [0.15, 0.2) is 0 Å². The van der Waals surface area contributed by atoms with Gasteiger partial charge in [-0.25, -0.2) is 9.97 Å². The third-order valence-electron chi connectivity index (χ3n) is 11.8. The van der Waals surface area contributed by atoms with Crippen molar-refractivity contribution in [1.82, 2.24) is 9.97 Å². The van der Waals surface area contributed by atoms with Gasteiger partial charge in [-0.1, -0.05) is 194 Å². The molecule has 0 spiro atoms. The SMILES string of the molecule is c1ccc(-c2cc(-c3ccccc3)cc(-c3cc(-c4ccc(-c5ccc6c(ccc7nc(-c8ccccc8)cc(-c8ccccc8)c76)c5)cc4)cc(-c4ccccc4)n3)c2)cc1. The Balaban J connectivity index is 0.993. The summed E-state index contributed by atoms with van der Waals surface area (Å²) in [6, 6.07) is 86.5. The molecule has 0 saturated carbocycles. The van der Waals surface area contributed by atoms with Gasteiger partial charge in [0, 0.05) is 22.1 Å². The highest BCUT2D eigenvalue weighted by atomic mass is 14.7. The van der Waals surface area contributed by atoms with Gasteiger partial charge >= 0.3 is 0 Å². The lowest BCUT2D eigenvalue weighted by atomic mass is 9.92. The van der Waals surface area contributed by atoms with E-state index >= 15 is 0 Å². The second-order valence-corrected chi connectivity index (χ2v) is 15.8. The van der Waals surface area contributed by atoms with Gasteiger partial charge in [-0.2, -0.15) is 0 Å². The van der Waals surface area contributed by atoms with Crippen LogP contribution in [0.3, 0.4) is 0 Å². The summed E-state index contributed by atoms with van der Waals surface area (Å²) in [5, 5.41) is 3.55. The molecule has 0 atom stereocenters. The van der Waals surface area contributed by atoms with Crippen LogP contribution in [0.5, 0.6) is 0 Å². The Morgan fingerprint density at radius 3 is 1.18 bits per heavy atom. The average molecular weight is 789 g/mol. The van der Waals surface area contributed by atoms with E-state index in [1.165, 1.54) is 44.0 Å². The van der Waals surface area contributed by atoms with Gasteiger partial charge in [0.1, 0.15) is 0 Å². The van der Waals surface area contributed by atoms with Crippen LogP contribution >= 0.6 is 0 Å². The fraction of sp³-hybridized carbons (Fsp3) is 0. The third kappa shape index (κ3) is 7.25. The summed E-state index contributed by atoms with van der Waals surface area (Å²) in [4.78, 5) is 10.5. The Morgan fingerprint density at radius 2 is 0.629 bits per heavy atom. The first-order valence-electron chi connectivity index (χ1n) is 21.1. The number of pyridine rings is 2. The molecule has 0 radical (unpaired) electrons. The zero-order chi connectivity index (χ0) is 41.2. The van der Waals surface area contributed by atoms with Crippen molar-refractivity contribution in [3.8, 4) is 89.4 Å². The van der Waals surface area contributed by atoms with E-state index in [1.807, 2.05) is 6.07 Å². The van der Waals surface area contributed by atoms with Crippen molar-refractivity contribution in [2.24, 2.45) is 0 Å². The summed E-state index contributed by atoms with van der Waals surface area (Å²) in [5.74, 6) is 0. The largest absolute Gasteiger partial charge is 0.248 e. The topological polar surface area (TPSA) is 25.8 Å². The number of fused-ring (bicyclic) bond motifs is 3. The fourth-order valence-electron chi connectivity index (χ4n) is 8.67. The minimum Gasteiger partial charge on any atom is -0.248 e. The molecule has 0 unspecified atom stereocenters. The molecule has 9 aromatic carbocycles. The number of nitrogens with zero attached hydrogens (tertiary/aromatic N) is 2. The first-order valence-corrected chi connectivity index (χ1v) is 21.1. The van der Waals surface area contributed by atoms with Gasteiger partial charge in [0.05, 0.1) is 22.6 Å². The molecule has 0 aliphatic rings. The van der Waals surface area contributed by atoms with E-state index < -0.39 is 0 Å². The maximum atomic E-state index is 5.33. The molecule has 290 valence electrons. The van der Waals surface area contributed by atoms with Gasteiger partial charge in [-0.15, -0.1) is 0 Å². The molecule has 0 fully saturated rings. The minimum absolute atomic E-state index is 0.933. The molecule has 0 aliphatic heterocycles. The van der Waals surface area contributed by atoms with Crippen molar-refractivity contribution >= 4 is 21.7 Å². The predicted molar refractivity (Wildman–Crippen MR) is 261 cm³/mol. The van der Waals surface area contributed by atoms with Crippen molar-refractivity contribution in [3.63, 3.8) is 0 Å². The molecule has 2 heteroatoms. The third-order valence-corrected chi connectivity index (χ3v) is 11.8. The highest BCUT2D eigenvalue weighted by molar-refractivity contribution is 6.14. The van der Waals surface area contributed by atoms with Crippen LogP contribution in [0, 0.1) is 0 Å². The molecule has 2 nitrogen and oxygen atoms in total. The van der Waals surface area contributed by atoms with Gasteiger partial charge in [0.25, 0.3) is 0 Å². The van der Waals surface area contributed by atoms with Gasteiger partial charge < -0.3 is 0 Å². The van der Waals surface area contributed by atoms with Crippen LogP contribution in [-0.4, -0.2) is 9.97 Å². The average Bonchev–Trinajstić information content (AvgIpc) is 3.37. The molecule has 0 bridgehead atoms. The maximum absolute atomic E-state index is 5.33. The van der Waals surface area contributed by atoms with Gasteiger partial charge in [0.2, 0.25) is 0 Å². The molecule has 11 rings (SSSR count). The highest BCUT2D eigenvalue weighted by Crippen LogP contribution is 2.39. The molecular formula is C60H40N2. The summed E-state index contributed by atoms with van der Waals surface area (Å²) in [6.45, 7) is 0. The summed E-state index contributed by atoms with van der Waals surface area (Å²) >= 11 is 0. The normalized spacial score (nSPS) is 11.2. The number of hydrogen-bond acceptors (Lipinski definition) is 2. The summed E-state index contributed by atoms with van der Waals surface area (Å²) in [6.07, 6.45) is 0. The standard InChI is InChI=1S/C60H40N2/c1-6-16-41(17-7-1)50-35-51(42-18-8-2-9-19-42)37-53(36-50)58-39-52(38-57(62-58)46-22-12-4-13-23-46)44-28-26-43(27-29-44)48-30-32-54-49(34-48)31-33-56-60(54)55(45-20-10-3-11-21-45)40-59(61-56)47-24-14-5-15-25-47/h1-40H. The van der Waals surface area contributed by atoms with E-state index in [0.717, 1.165) is 67.1 Å². The van der Waals surface area contributed by atoms with E-state index in [1.54, 1.807) is 0 Å². The molecule has 62 heavy (non-hydrogen) atoms. The lowest BCUT2D eigenvalue weighted by molar-refractivity contribution is 1.32. The molecule has 0 N–H and O–H groups in total. The zero-order valence-corrected chi connectivity index (χ0v) is 34.0. The van der Waals surface area contributed by atoms with E-state index in [9.17, 15) is 0 Å². The first kappa shape index (κ1) is 36.8. The number of benzene rings is 9. The molecule has 0 saturated heterocycles. The highest BCUT2D eigenvalue weighted by Gasteiger charge is 2.15. The van der Waals surface area contributed by atoms with Crippen molar-refractivity contribution < 1.29 is 0 Å². The second kappa shape index (κ2) is 16.1. The Hall–Kier alpha value is -8.20. The van der Waals surface area contributed by atoms with Crippen LogP contribution in [0.2, 0.25) is 0 Å². The Morgan fingerprint density at radius 1 is 0.226 bits per heavy atom. The minimum atomic E-state index is 0.933. The van der Waals surface area contributed by atoms with E-state index in [2.05, 4.69) is 237 Å². The van der Waals surface area contributed by atoms with E-state index in [4.69, 9.17) is 9.97 Å². The molecule has 0 amide bonds. The summed E-state index contributed by atoms with van der Waals surface area (Å²) < 4.78 is 0.